The molecule has 1 saturated heterocycles. The summed E-state index contributed by atoms with van der Waals surface area (Å²) in [7, 11) is 0. The molecule has 0 aliphatic carbocycles. The Hall–Kier alpha value is -2.80. The van der Waals surface area contributed by atoms with Gasteiger partial charge in [0.15, 0.2) is 0 Å². The number of anilines is 1. The predicted octanol–water partition coefficient (Wildman–Crippen LogP) is 3.51. The van der Waals surface area contributed by atoms with Crippen molar-refractivity contribution < 1.29 is 13.6 Å². The van der Waals surface area contributed by atoms with Gasteiger partial charge in [0.1, 0.15) is 17.5 Å². The predicted molar refractivity (Wildman–Crippen MR) is 106 cm³/mol. The van der Waals surface area contributed by atoms with Crippen LogP contribution in [0.5, 0.6) is 0 Å². The standard InChI is InChI=1S/C21H24F2N4O/c1-14(2)27-7-6-26(12-15(27)3)13-21(28)25-20-10-16(4-5-24-20)17-8-18(22)11-19(23)9-17/h4-5,8-11,15H,1,6-7,12-13H2,2-3H3,(H,24,25,28)/t15-/m1/s1. The number of halogens is 2. The van der Waals surface area contributed by atoms with Crippen LogP contribution < -0.4 is 5.32 Å². The summed E-state index contributed by atoms with van der Waals surface area (Å²) in [6, 6.07) is 6.85. The van der Waals surface area contributed by atoms with Crippen LogP contribution in [0.3, 0.4) is 0 Å². The van der Waals surface area contributed by atoms with Gasteiger partial charge in [-0.15, -0.1) is 0 Å². The van der Waals surface area contributed by atoms with Crippen LogP contribution in [0.25, 0.3) is 11.1 Å². The number of nitrogens with one attached hydrogen (secondary N) is 1. The van der Waals surface area contributed by atoms with Crippen molar-refractivity contribution in [2.75, 3.05) is 31.5 Å². The SMILES string of the molecule is C=C(C)N1CCN(CC(=O)Nc2cc(-c3cc(F)cc(F)c3)ccn2)C[C@H]1C. The number of carbonyl (C=O) groups is 1. The summed E-state index contributed by atoms with van der Waals surface area (Å²) in [6.45, 7) is 10.7. The van der Waals surface area contributed by atoms with E-state index in [-0.39, 0.29) is 12.5 Å². The molecule has 1 amide bonds. The first-order chi connectivity index (χ1) is 13.3. The molecular formula is C21H24F2N4O. The topological polar surface area (TPSA) is 48.5 Å². The minimum Gasteiger partial charge on any atom is -0.370 e. The molecule has 7 heteroatoms. The number of hydrogen-bond donors (Lipinski definition) is 1. The second kappa shape index (κ2) is 8.48. The maximum absolute atomic E-state index is 13.5. The van der Waals surface area contributed by atoms with Crippen LogP contribution in [-0.2, 0) is 4.79 Å². The van der Waals surface area contributed by atoms with Gasteiger partial charge in [-0.25, -0.2) is 13.8 Å². The number of nitrogens with zero attached hydrogens (tertiary/aromatic N) is 3. The minimum atomic E-state index is -0.652. The van der Waals surface area contributed by atoms with Crippen molar-refractivity contribution in [2.24, 2.45) is 0 Å². The van der Waals surface area contributed by atoms with E-state index < -0.39 is 11.6 Å². The van der Waals surface area contributed by atoms with E-state index in [1.807, 2.05) is 6.92 Å². The highest BCUT2D eigenvalue weighted by molar-refractivity contribution is 5.92. The van der Waals surface area contributed by atoms with Crippen LogP contribution in [0.4, 0.5) is 14.6 Å². The molecule has 0 spiro atoms. The molecule has 1 aromatic carbocycles. The third-order valence-electron chi connectivity index (χ3n) is 4.79. The fraction of sp³-hybridized carbons (Fsp3) is 0.333. The number of allylic oxidation sites excluding steroid dienone is 1. The lowest BCUT2D eigenvalue weighted by molar-refractivity contribution is -0.117. The molecule has 28 heavy (non-hydrogen) atoms. The fourth-order valence-electron chi connectivity index (χ4n) is 3.53. The summed E-state index contributed by atoms with van der Waals surface area (Å²) >= 11 is 0. The van der Waals surface area contributed by atoms with Crippen molar-refractivity contribution in [3.05, 3.63) is 60.4 Å². The van der Waals surface area contributed by atoms with Gasteiger partial charge in [0.05, 0.1) is 6.54 Å². The largest absolute Gasteiger partial charge is 0.370 e. The van der Waals surface area contributed by atoms with Gasteiger partial charge in [0, 0.05) is 43.6 Å². The molecule has 0 radical (unpaired) electrons. The summed E-state index contributed by atoms with van der Waals surface area (Å²) < 4.78 is 26.9. The molecule has 2 aromatic rings. The molecule has 148 valence electrons. The average Bonchev–Trinajstić information content (AvgIpc) is 2.60. The van der Waals surface area contributed by atoms with Gasteiger partial charge in [-0.05, 0) is 49.2 Å². The van der Waals surface area contributed by atoms with Crippen LogP contribution >= 0.6 is 0 Å². The van der Waals surface area contributed by atoms with E-state index in [0.29, 0.717) is 23.0 Å². The fourth-order valence-corrected chi connectivity index (χ4v) is 3.53. The monoisotopic (exact) mass is 386 g/mol. The lowest BCUT2D eigenvalue weighted by Crippen LogP contribution is -2.52. The maximum atomic E-state index is 13.5. The van der Waals surface area contributed by atoms with Crippen LogP contribution in [-0.4, -0.2) is 52.9 Å². The van der Waals surface area contributed by atoms with Gasteiger partial charge in [0.25, 0.3) is 0 Å². The average molecular weight is 386 g/mol. The molecule has 1 N–H and O–H groups in total. The van der Waals surface area contributed by atoms with Crippen molar-refractivity contribution in [3.63, 3.8) is 0 Å². The molecule has 0 saturated carbocycles. The number of piperazine rings is 1. The molecule has 1 aliphatic rings. The van der Waals surface area contributed by atoms with Crippen molar-refractivity contribution in [1.29, 1.82) is 0 Å². The lowest BCUT2D eigenvalue weighted by Gasteiger charge is -2.41. The lowest BCUT2D eigenvalue weighted by atomic mass is 10.1. The molecule has 1 aromatic heterocycles. The third kappa shape index (κ3) is 4.92. The van der Waals surface area contributed by atoms with Crippen LogP contribution in [0.2, 0.25) is 0 Å². The zero-order valence-electron chi connectivity index (χ0n) is 16.1. The molecule has 5 nitrogen and oxygen atoms in total. The minimum absolute atomic E-state index is 0.175. The Kier molecular flexibility index (Phi) is 6.04. The number of pyridine rings is 1. The smallest absolute Gasteiger partial charge is 0.239 e. The maximum Gasteiger partial charge on any atom is 0.239 e. The summed E-state index contributed by atoms with van der Waals surface area (Å²) in [4.78, 5) is 20.9. The van der Waals surface area contributed by atoms with Crippen molar-refractivity contribution in [1.82, 2.24) is 14.8 Å². The Morgan fingerprint density at radius 1 is 1.21 bits per heavy atom. The Morgan fingerprint density at radius 2 is 1.93 bits per heavy atom. The number of aromatic nitrogens is 1. The van der Waals surface area contributed by atoms with Gasteiger partial charge in [-0.3, -0.25) is 9.69 Å². The van der Waals surface area contributed by atoms with Gasteiger partial charge in [0.2, 0.25) is 5.91 Å². The molecule has 3 rings (SSSR count). The number of rotatable bonds is 5. The van der Waals surface area contributed by atoms with Crippen LogP contribution in [0.1, 0.15) is 13.8 Å². The van der Waals surface area contributed by atoms with Crippen LogP contribution in [0, 0.1) is 11.6 Å². The Labute approximate surface area is 163 Å². The van der Waals surface area contributed by atoms with Gasteiger partial charge in [-0.2, -0.15) is 0 Å². The van der Waals surface area contributed by atoms with Crippen molar-refractivity contribution in [3.8, 4) is 11.1 Å². The van der Waals surface area contributed by atoms with E-state index in [4.69, 9.17) is 0 Å². The van der Waals surface area contributed by atoms with E-state index in [9.17, 15) is 13.6 Å². The molecule has 2 heterocycles. The summed E-state index contributed by atoms with van der Waals surface area (Å²) in [5.74, 6) is -1.13. The first-order valence-electron chi connectivity index (χ1n) is 9.18. The quantitative estimate of drug-likeness (QED) is 0.855. The summed E-state index contributed by atoms with van der Waals surface area (Å²) in [5.41, 5.74) is 2.00. The van der Waals surface area contributed by atoms with Gasteiger partial charge in [-0.1, -0.05) is 6.58 Å². The van der Waals surface area contributed by atoms with E-state index in [0.717, 1.165) is 31.4 Å². The molecule has 1 aliphatic heterocycles. The van der Waals surface area contributed by atoms with E-state index in [2.05, 4.69) is 33.6 Å². The summed E-state index contributed by atoms with van der Waals surface area (Å²) in [6.07, 6.45) is 1.50. The number of benzene rings is 1. The molecule has 0 bridgehead atoms. The molecule has 0 unspecified atom stereocenters. The third-order valence-corrected chi connectivity index (χ3v) is 4.79. The van der Waals surface area contributed by atoms with Gasteiger partial charge >= 0.3 is 0 Å². The molecule has 1 fully saturated rings. The van der Waals surface area contributed by atoms with E-state index in [1.54, 1.807) is 12.1 Å². The van der Waals surface area contributed by atoms with E-state index >= 15 is 0 Å². The molecular weight excluding hydrogens is 362 g/mol. The van der Waals surface area contributed by atoms with Gasteiger partial charge < -0.3 is 10.2 Å². The number of hydrogen-bond acceptors (Lipinski definition) is 4. The first kappa shape index (κ1) is 19.9. The number of carbonyl (C=O) groups excluding carboxylic acids is 1. The Morgan fingerprint density at radius 3 is 2.57 bits per heavy atom. The molecule has 1 atom stereocenters. The number of amides is 1. The Bertz CT molecular complexity index is 866. The highest BCUT2D eigenvalue weighted by atomic mass is 19.1. The van der Waals surface area contributed by atoms with Crippen molar-refractivity contribution in [2.45, 2.75) is 19.9 Å². The van der Waals surface area contributed by atoms with Crippen LogP contribution in [0.15, 0.2) is 48.8 Å². The second-order valence-corrected chi connectivity index (χ2v) is 7.15. The zero-order valence-corrected chi connectivity index (χ0v) is 16.1. The summed E-state index contributed by atoms with van der Waals surface area (Å²) in [5, 5.41) is 2.77. The second-order valence-electron chi connectivity index (χ2n) is 7.15. The zero-order chi connectivity index (χ0) is 20.3. The normalized spacial score (nSPS) is 17.4. The van der Waals surface area contributed by atoms with E-state index in [1.165, 1.54) is 18.3 Å². The van der Waals surface area contributed by atoms with Crippen molar-refractivity contribution >= 4 is 11.7 Å². The first-order valence-corrected chi connectivity index (χ1v) is 9.18. The highest BCUT2D eigenvalue weighted by Gasteiger charge is 2.24. The Balaban J connectivity index is 1.63. The highest BCUT2D eigenvalue weighted by Crippen LogP contribution is 2.23.